The van der Waals surface area contributed by atoms with Gasteiger partial charge in [-0.15, -0.1) is 12.6 Å². The SMILES string of the molecule is CNCCNc1cc(C(=O)OC)ccc1S. The predicted octanol–water partition coefficient (Wildman–Crippen LogP) is 1.39. The van der Waals surface area contributed by atoms with Crippen LogP contribution >= 0.6 is 12.6 Å². The van der Waals surface area contributed by atoms with Crippen LogP contribution in [0.5, 0.6) is 0 Å². The lowest BCUT2D eigenvalue weighted by molar-refractivity contribution is 0.0600. The number of hydrogen-bond donors (Lipinski definition) is 3. The number of carbonyl (C=O) groups is 1. The van der Waals surface area contributed by atoms with E-state index in [1.165, 1.54) is 7.11 Å². The Morgan fingerprint density at radius 1 is 1.44 bits per heavy atom. The molecule has 2 N–H and O–H groups in total. The average Bonchev–Trinajstić information content (AvgIpc) is 2.31. The summed E-state index contributed by atoms with van der Waals surface area (Å²) in [6, 6.07) is 5.21. The van der Waals surface area contributed by atoms with E-state index in [0.29, 0.717) is 5.56 Å². The smallest absolute Gasteiger partial charge is 0.337 e. The van der Waals surface area contributed by atoms with Crippen LogP contribution in [0.3, 0.4) is 0 Å². The van der Waals surface area contributed by atoms with Gasteiger partial charge in [-0.3, -0.25) is 0 Å². The fourth-order valence-electron chi connectivity index (χ4n) is 1.24. The van der Waals surface area contributed by atoms with Crippen molar-refractivity contribution in [2.75, 3.05) is 32.6 Å². The highest BCUT2D eigenvalue weighted by Gasteiger charge is 2.07. The summed E-state index contributed by atoms with van der Waals surface area (Å²) in [5.74, 6) is -0.343. The van der Waals surface area contributed by atoms with Gasteiger partial charge in [-0.1, -0.05) is 0 Å². The van der Waals surface area contributed by atoms with Gasteiger partial charge in [-0.25, -0.2) is 4.79 Å². The zero-order valence-corrected chi connectivity index (χ0v) is 10.3. The summed E-state index contributed by atoms with van der Waals surface area (Å²) >= 11 is 4.31. The molecule has 0 amide bonds. The minimum Gasteiger partial charge on any atom is -0.465 e. The highest BCUT2D eigenvalue weighted by molar-refractivity contribution is 7.80. The number of esters is 1. The van der Waals surface area contributed by atoms with Crippen molar-refractivity contribution in [3.8, 4) is 0 Å². The van der Waals surface area contributed by atoms with E-state index in [9.17, 15) is 4.79 Å². The van der Waals surface area contributed by atoms with Gasteiger partial charge in [-0.05, 0) is 25.2 Å². The van der Waals surface area contributed by atoms with Crippen molar-refractivity contribution in [2.24, 2.45) is 0 Å². The molecule has 1 aromatic carbocycles. The molecule has 0 heterocycles. The molecule has 0 atom stereocenters. The number of carbonyl (C=O) groups excluding carboxylic acids is 1. The van der Waals surface area contributed by atoms with Gasteiger partial charge in [0.2, 0.25) is 0 Å². The summed E-state index contributed by atoms with van der Waals surface area (Å²) in [4.78, 5) is 12.1. The van der Waals surface area contributed by atoms with Gasteiger partial charge in [0.15, 0.2) is 0 Å². The molecule has 4 nitrogen and oxygen atoms in total. The highest BCUT2D eigenvalue weighted by Crippen LogP contribution is 2.21. The summed E-state index contributed by atoms with van der Waals surface area (Å²) in [6.45, 7) is 1.62. The third-order valence-corrected chi connectivity index (χ3v) is 2.50. The molecule has 88 valence electrons. The number of methoxy groups -OCH3 is 1. The monoisotopic (exact) mass is 240 g/mol. The van der Waals surface area contributed by atoms with E-state index in [4.69, 9.17) is 0 Å². The molecule has 1 aromatic rings. The highest BCUT2D eigenvalue weighted by atomic mass is 32.1. The van der Waals surface area contributed by atoms with E-state index < -0.39 is 0 Å². The van der Waals surface area contributed by atoms with E-state index in [1.54, 1.807) is 18.2 Å². The van der Waals surface area contributed by atoms with Crippen LogP contribution in [0.4, 0.5) is 5.69 Å². The number of nitrogens with one attached hydrogen (secondary N) is 2. The molecule has 0 saturated carbocycles. The van der Waals surface area contributed by atoms with E-state index >= 15 is 0 Å². The standard InChI is InChI=1S/C11H16N2O2S/c1-12-5-6-13-9-7-8(11(14)15-2)3-4-10(9)16/h3-4,7,12-13,16H,5-6H2,1-2H3. The van der Waals surface area contributed by atoms with Crippen LogP contribution in [0.15, 0.2) is 23.1 Å². The molecule has 0 aromatic heterocycles. The zero-order valence-electron chi connectivity index (χ0n) is 9.41. The molecule has 16 heavy (non-hydrogen) atoms. The van der Waals surface area contributed by atoms with Crippen LogP contribution in [0.1, 0.15) is 10.4 Å². The quantitative estimate of drug-likeness (QED) is 0.413. The van der Waals surface area contributed by atoms with Crippen molar-refractivity contribution in [1.29, 1.82) is 0 Å². The molecule has 0 saturated heterocycles. The van der Waals surface area contributed by atoms with Gasteiger partial charge < -0.3 is 15.4 Å². The number of hydrogen-bond acceptors (Lipinski definition) is 5. The summed E-state index contributed by atoms with van der Waals surface area (Å²) in [5.41, 5.74) is 1.36. The summed E-state index contributed by atoms with van der Waals surface area (Å²) < 4.78 is 4.65. The lowest BCUT2D eigenvalue weighted by atomic mass is 10.2. The maximum atomic E-state index is 11.3. The van der Waals surface area contributed by atoms with Crippen molar-refractivity contribution < 1.29 is 9.53 Å². The maximum absolute atomic E-state index is 11.3. The predicted molar refractivity (Wildman–Crippen MR) is 67.4 cm³/mol. The first kappa shape index (κ1) is 12.9. The second-order valence-corrected chi connectivity index (χ2v) is 3.74. The third kappa shape index (κ3) is 3.43. The molecule has 0 fully saturated rings. The Hall–Kier alpha value is -1.20. The van der Waals surface area contributed by atoms with Gasteiger partial charge in [0.25, 0.3) is 0 Å². The van der Waals surface area contributed by atoms with Crippen LogP contribution in [-0.2, 0) is 4.74 Å². The first-order valence-corrected chi connectivity index (χ1v) is 5.43. The second-order valence-electron chi connectivity index (χ2n) is 3.25. The van der Waals surface area contributed by atoms with Crippen molar-refractivity contribution >= 4 is 24.3 Å². The third-order valence-electron chi connectivity index (χ3n) is 2.11. The summed E-state index contributed by atoms with van der Waals surface area (Å²) in [5, 5.41) is 6.21. The van der Waals surface area contributed by atoms with Crippen LogP contribution in [0, 0.1) is 0 Å². The first-order valence-electron chi connectivity index (χ1n) is 4.99. The number of rotatable bonds is 5. The molecule has 0 aliphatic heterocycles. The van der Waals surface area contributed by atoms with E-state index in [2.05, 4.69) is 28.0 Å². The van der Waals surface area contributed by atoms with Crippen molar-refractivity contribution in [1.82, 2.24) is 5.32 Å². The van der Waals surface area contributed by atoms with Crippen LogP contribution < -0.4 is 10.6 Å². The summed E-state index contributed by atoms with van der Waals surface area (Å²) in [7, 11) is 3.25. The van der Waals surface area contributed by atoms with E-state index in [0.717, 1.165) is 23.7 Å². The lowest BCUT2D eigenvalue weighted by Crippen LogP contribution is -2.18. The Labute approximate surface area is 101 Å². The zero-order chi connectivity index (χ0) is 12.0. The van der Waals surface area contributed by atoms with Crippen molar-refractivity contribution in [2.45, 2.75) is 4.90 Å². The van der Waals surface area contributed by atoms with Gasteiger partial charge in [0.1, 0.15) is 0 Å². The molecule has 0 aliphatic rings. The fraction of sp³-hybridized carbons (Fsp3) is 0.364. The molecule has 0 bridgehead atoms. The van der Waals surface area contributed by atoms with E-state index in [-0.39, 0.29) is 5.97 Å². The van der Waals surface area contributed by atoms with Gasteiger partial charge >= 0.3 is 5.97 Å². The molecule has 1 rings (SSSR count). The normalized spacial score (nSPS) is 9.94. The minimum absolute atomic E-state index is 0.343. The fourth-order valence-corrected chi connectivity index (χ4v) is 1.46. The number of benzene rings is 1. The Bertz CT molecular complexity index is 369. The molecular weight excluding hydrogens is 224 g/mol. The molecule has 0 unspecified atom stereocenters. The molecular formula is C11H16N2O2S. The molecule has 5 heteroatoms. The van der Waals surface area contributed by atoms with Gasteiger partial charge in [-0.2, -0.15) is 0 Å². The molecule has 0 radical (unpaired) electrons. The summed E-state index contributed by atoms with van der Waals surface area (Å²) in [6.07, 6.45) is 0. The first-order chi connectivity index (χ1) is 7.69. The van der Waals surface area contributed by atoms with Crippen LogP contribution in [0.2, 0.25) is 0 Å². The lowest BCUT2D eigenvalue weighted by Gasteiger charge is -2.10. The van der Waals surface area contributed by atoms with Crippen molar-refractivity contribution in [3.05, 3.63) is 23.8 Å². The Balaban J connectivity index is 2.78. The van der Waals surface area contributed by atoms with Crippen LogP contribution in [0.25, 0.3) is 0 Å². The van der Waals surface area contributed by atoms with Crippen molar-refractivity contribution in [3.63, 3.8) is 0 Å². The molecule has 0 aliphatic carbocycles. The van der Waals surface area contributed by atoms with Gasteiger partial charge in [0.05, 0.1) is 12.7 Å². The Morgan fingerprint density at radius 3 is 2.81 bits per heavy atom. The van der Waals surface area contributed by atoms with E-state index in [1.807, 2.05) is 7.05 Å². The average molecular weight is 240 g/mol. The largest absolute Gasteiger partial charge is 0.465 e. The maximum Gasteiger partial charge on any atom is 0.337 e. The topological polar surface area (TPSA) is 50.4 Å². The second kappa shape index (κ2) is 6.40. The van der Waals surface area contributed by atoms with Gasteiger partial charge in [0, 0.05) is 23.7 Å². The Kier molecular flexibility index (Phi) is 5.14. The number of ether oxygens (including phenoxy) is 1. The molecule has 0 spiro atoms. The number of anilines is 1. The number of likely N-dealkylation sites (N-methyl/N-ethyl adjacent to an activating group) is 1. The Morgan fingerprint density at radius 2 is 2.19 bits per heavy atom. The number of thiol groups is 1. The van der Waals surface area contributed by atoms with Crippen LogP contribution in [-0.4, -0.2) is 33.2 Å². The minimum atomic E-state index is -0.343.